The van der Waals surface area contributed by atoms with Crippen molar-refractivity contribution in [2.75, 3.05) is 59.5 Å². The van der Waals surface area contributed by atoms with E-state index in [9.17, 15) is 8.42 Å². The van der Waals surface area contributed by atoms with Crippen LogP contribution in [-0.4, -0.2) is 67.3 Å². The van der Waals surface area contributed by atoms with Crippen molar-refractivity contribution in [3.05, 3.63) is 36.4 Å². The largest absolute Gasteiger partial charge is 0.497 e. The van der Waals surface area contributed by atoms with Crippen molar-refractivity contribution >= 4 is 15.7 Å². The van der Waals surface area contributed by atoms with Crippen molar-refractivity contribution in [1.82, 2.24) is 4.31 Å². The topological polar surface area (TPSA) is 77.5 Å². The van der Waals surface area contributed by atoms with Gasteiger partial charge in [0.1, 0.15) is 27.9 Å². The number of nitrogens with zero attached hydrogens (tertiary/aromatic N) is 2. The van der Waals surface area contributed by atoms with Crippen LogP contribution in [0.4, 0.5) is 5.69 Å². The van der Waals surface area contributed by atoms with Gasteiger partial charge in [0.05, 0.1) is 34.1 Å². The number of hydrogen-bond acceptors (Lipinski definition) is 7. The summed E-state index contributed by atoms with van der Waals surface area (Å²) >= 11 is 0. The Labute approximate surface area is 171 Å². The second kappa shape index (κ2) is 8.79. The van der Waals surface area contributed by atoms with Crippen molar-refractivity contribution in [3.8, 4) is 23.0 Å². The molecule has 1 saturated heterocycles. The maximum absolute atomic E-state index is 13.2. The molecular weight excluding hydrogens is 396 g/mol. The van der Waals surface area contributed by atoms with E-state index in [4.69, 9.17) is 18.9 Å². The highest BCUT2D eigenvalue weighted by Crippen LogP contribution is 2.34. The van der Waals surface area contributed by atoms with Crippen LogP contribution in [0, 0.1) is 0 Å². The van der Waals surface area contributed by atoms with E-state index in [0.717, 1.165) is 5.69 Å². The molecule has 0 aromatic heterocycles. The SMILES string of the molecule is COc1ccc(N2CCN(S(=O)(=O)c3cc(OC)ccc3OC)CC2)c(OC)c1. The highest BCUT2D eigenvalue weighted by molar-refractivity contribution is 7.89. The molecule has 0 amide bonds. The molecule has 29 heavy (non-hydrogen) atoms. The van der Waals surface area contributed by atoms with Crippen LogP contribution in [-0.2, 0) is 10.0 Å². The van der Waals surface area contributed by atoms with E-state index in [-0.39, 0.29) is 4.90 Å². The first-order valence-corrected chi connectivity index (χ1v) is 10.6. The van der Waals surface area contributed by atoms with E-state index < -0.39 is 10.0 Å². The van der Waals surface area contributed by atoms with Crippen LogP contribution in [0.5, 0.6) is 23.0 Å². The van der Waals surface area contributed by atoms with Crippen LogP contribution in [0.25, 0.3) is 0 Å². The van der Waals surface area contributed by atoms with Crippen LogP contribution < -0.4 is 23.8 Å². The Morgan fingerprint density at radius 2 is 1.31 bits per heavy atom. The summed E-state index contributed by atoms with van der Waals surface area (Å²) in [5.74, 6) is 2.16. The molecule has 9 heteroatoms. The lowest BCUT2D eigenvalue weighted by atomic mass is 10.2. The third-order valence-corrected chi connectivity index (χ3v) is 6.87. The van der Waals surface area contributed by atoms with Crippen molar-refractivity contribution in [3.63, 3.8) is 0 Å². The Morgan fingerprint density at radius 1 is 0.724 bits per heavy atom. The van der Waals surface area contributed by atoms with E-state index in [2.05, 4.69) is 4.90 Å². The standard InChI is InChI=1S/C20H26N2O6S/c1-25-15-5-7-17(19(13-15)28-4)21-9-11-22(12-10-21)29(23,24)20-14-16(26-2)6-8-18(20)27-3/h5-8,13-14H,9-12H2,1-4H3. The second-order valence-corrected chi connectivity index (χ2v) is 8.35. The lowest BCUT2D eigenvalue weighted by molar-refractivity contribution is 0.366. The minimum Gasteiger partial charge on any atom is -0.497 e. The Hall–Kier alpha value is -2.65. The minimum atomic E-state index is -3.72. The molecule has 0 radical (unpaired) electrons. The lowest BCUT2D eigenvalue weighted by Crippen LogP contribution is -2.48. The Bertz CT molecular complexity index is 955. The van der Waals surface area contributed by atoms with Gasteiger partial charge < -0.3 is 23.8 Å². The Kier molecular flexibility index (Phi) is 6.39. The summed E-state index contributed by atoms with van der Waals surface area (Å²) in [6, 6.07) is 10.4. The summed E-state index contributed by atoms with van der Waals surface area (Å²) in [6.07, 6.45) is 0. The van der Waals surface area contributed by atoms with Gasteiger partial charge in [-0.05, 0) is 24.3 Å². The number of rotatable bonds is 7. The molecule has 1 fully saturated rings. The number of sulfonamides is 1. The van der Waals surface area contributed by atoms with Gasteiger partial charge in [0, 0.05) is 38.3 Å². The summed E-state index contributed by atoms with van der Waals surface area (Å²) in [7, 11) is 2.44. The quantitative estimate of drug-likeness (QED) is 0.677. The monoisotopic (exact) mass is 422 g/mol. The maximum atomic E-state index is 13.2. The molecule has 2 aromatic carbocycles. The highest BCUT2D eigenvalue weighted by Gasteiger charge is 2.32. The van der Waals surface area contributed by atoms with Crippen molar-refractivity contribution in [2.45, 2.75) is 4.90 Å². The average molecular weight is 423 g/mol. The Balaban J connectivity index is 1.80. The predicted octanol–water partition coefficient (Wildman–Crippen LogP) is 2.23. The van der Waals surface area contributed by atoms with E-state index >= 15 is 0 Å². The van der Waals surface area contributed by atoms with E-state index in [1.807, 2.05) is 18.2 Å². The molecule has 2 aromatic rings. The van der Waals surface area contributed by atoms with E-state index in [0.29, 0.717) is 49.2 Å². The molecule has 1 heterocycles. The Morgan fingerprint density at radius 3 is 1.90 bits per heavy atom. The van der Waals surface area contributed by atoms with Crippen molar-refractivity contribution < 1.29 is 27.4 Å². The van der Waals surface area contributed by atoms with Crippen LogP contribution in [0.2, 0.25) is 0 Å². The molecular formula is C20H26N2O6S. The van der Waals surface area contributed by atoms with Gasteiger partial charge in [-0.2, -0.15) is 4.31 Å². The van der Waals surface area contributed by atoms with Gasteiger partial charge in [0.15, 0.2) is 0 Å². The number of anilines is 1. The van der Waals surface area contributed by atoms with Gasteiger partial charge >= 0.3 is 0 Å². The molecule has 3 rings (SSSR count). The fraction of sp³-hybridized carbons (Fsp3) is 0.400. The molecule has 158 valence electrons. The van der Waals surface area contributed by atoms with Crippen LogP contribution in [0.15, 0.2) is 41.3 Å². The molecule has 0 saturated carbocycles. The smallest absolute Gasteiger partial charge is 0.247 e. The van der Waals surface area contributed by atoms with E-state index in [1.54, 1.807) is 26.4 Å². The number of piperazine rings is 1. The number of methoxy groups -OCH3 is 4. The first kappa shape index (κ1) is 21.1. The second-order valence-electron chi connectivity index (χ2n) is 6.45. The van der Waals surface area contributed by atoms with Crippen LogP contribution in [0.3, 0.4) is 0 Å². The molecule has 0 aliphatic carbocycles. The van der Waals surface area contributed by atoms with Gasteiger partial charge in [0.2, 0.25) is 10.0 Å². The summed E-state index contributed by atoms with van der Waals surface area (Å²) in [5, 5.41) is 0. The zero-order valence-corrected chi connectivity index (χ0v) is 17.9. The summed E-state index contributed by atoms with van der Waals surface area (Å²) in [5.41, 5.74) is 0.907. The number of benzene rings is 2. The summed E-state index contributed by atoms with van der Waals surface area (Å²) in [6.45, 7) is 1.76. The van der Waals surface area contributed by atoms with Crippen LogP contribution in [0.1, 0.15) is 0 Å². The molecule has 0 spiro atoms. The third-order valence-electron chi connectivity index (χ3n) is 4.95. The average Bonchev–Trinajstić information content (AvgIpc) is 2.78. The van der Waals surface area contributed by atoms with Gasteiger partial charge in [-0.25, -0.2) is 8.42 Å². The first-order valence-electron chi connectivity index (χ1n) is 9.13. The zero-order valence-electron chi connectivity index (χ0n) is 17.0. The molecule has 1 aliphatic heterocycles. The van der Waals surface area contributed by atoms with Gasteiger partial charge in [0.25, 0.3) is 0 Å². The summed E-state index contributed by atoms with van der Waals surface area (Å²) in [4.78, 5) is 2.21. The molecule has 8 nitrogen and oxygen atoms in total. The molecule has 1 aliphatic rings. The maximum Gasteiger partial charge on any atom is 0.247 e. The van der Waals surface area contributed by atoms with Crippen molar-refractivity contribution in [1.29, 1.82) is 0 Å². The fourth-order valence-corrected chi connectivity index (χ4v) is 4.93. The van der Waals surface area contributed by atoms with E-state index in [1.165, 1.54) is 24.6 Å². The molecule has 0 atom stereocenters. The molecule has 0 bridgehead atoms. The third kappa shape index (κ3) is 4.20. The highest BCUT2D eigenvalue weighted by atomic mass is 32.2. The number of ether oxygens (including phenoxy) is 4. The van der Waals surface area contributed by atoms with Crippen LogP contribution >= 0.6 is 0 Å². The van der Waals surface area contributed by atoms with Crippen molar-refractivity contribution in [2.24, 2.45) is 0 Å². The fourth-order valence-electron chi connectivity index (χ4n) is 3.34. The number of hydrogen-bond donors (Lipinski definition) is 0. The predicted molar refractivity (Wildman–Crippen MR) is 110 cm³/mol. The van der Waals surface area contributed by atoms with Gasteiger partial charge in [-0.3, -0.25) is 0 Å². The summed E-state index contributed by atoms with van der Waals surface area (Å²) < 4.78 is 49.1. The first-order chi connectivity index (χ1) is 13.9. The lowest BCUT2D eigenvalue weighted by Gasteiger charge is -2.36. The zero-order chi connectivity index (χ0) is 21.0. The molecule has 0 N–H and O–H groups in total. The van der Waals surface area contributed by atoms with Gasteiger partial charge in [-0.15, -0.1) is 0 Å². The van der Waals surface area contributed by atoms with Gasteiger partial charge in [-0.1, -0.05) is 0 Å². The normalized spacial score (nSPS) is 15.1. The molecule has 0 unspecified atom stereocenters. The minimum absolute atomic E-state index is 0.106.